The van der Waals surface area contributed by atoms with Gasteiger partial charge in [0, 0.05) is 26.3 Å². The van der Waals surface area contributed by atoms with Crippen LogP contribution in [0.15, 0.2) is 24.4 Å². The molecule has 0 aliphatic carbocycles. The summed E-state index contributed by atoms with van der Waals surface area (Å²) in [6, 6.07) is 5.95. The molecule has 0 saturated carbocycles. The molecule has 0 N–H and O–H groups in total. The van der Waals surface area contributed by atoms with E-state index in [1.807, 2.05) is 23.1 Å². The monoisotopic (exact) mass is 384 g/mol. The van der Waals surface area contributed by atoms with Crippen LogP contribution in [0, 0.1) is 0 Å². The number of likely N-dealkylation sites (tertiary alicyclic amines) is 2. The summed E-state index contributed by atoms with van der Waals surface area (Å²) in [4.78, 5) is 38.6. The average Bonchev–Trinajstić information content (AvgIpc) is 3.30. The van der Waals surface area contributed by atoms with Crippen molar-refractivity contribution in [3.63, 3.8) is 0 Å². The van der Waals surface area contributed by atoms with Crippen LogP contribution in [0.1, 0.15) is 42.0 Å². The number of pyridine rings is 1. The number of nitrogens with zero attached hydrogens (tertiary/aromatic N) is 6. The Labute approximate surface area is 163 Å². The van der Waals surface area contributed by atoms with Gasteiger partial charge in [-0.2, -0.15) is 4.98 Å². The van der Waals surface area contributed by atoms with Gasteiger partial charge in [0.05, 0.1) is 19.3 Å². The maximum atomic E-state index is 13.5. The van der Waals surface area contributed by atoms with Gasteiger partial charge in [-0.05, 0) is 37.8 Å². The van der Waals surface area contributed by atoms with E-state index in [0.29, 0.717) is 32.5 Å². The third-order valence-electron chi connectivity index (χ3n) is 5.61. The van der Waals surface area contributed by atoms with Crippen molar-refractivity contribution < 1.29 is 14.3 Å². The van der Waals surface area contributed by atoms with Crippen LogP contribution in [-0.2, 0) is 18.4 Å². The molecule has 28 heavy (non-hydrogen) atoms. The van der Waals surface area contributed by atoms with E-state index in [0.717, 1.165) is 18.5 Å². The second-order valence-corrected chi connectivity index (χ2v) is 7.29. The summed E-state index contributed by atoms with van der Waals surface area (Å²) in [7, 11) is 3.15. The van der Waals surface area contributed by atoms with Crippen LogP contribution in [0.4, 0.5) is 0 Å². The fraction of sp³-hybridized carbons (Fsp3) is 0.526. The number of ether oxygens (including phenoxy) is 1. The zero-order chi connectivity index (χ0) is 19.7. The van der Waals surface area contributed by atoms with E-state index in [-0.39, 0.29) is 23.6 Å². The molecule has 2 amide bonds. The van der Waals surface area contributed by atoms with Gasteiger partial charge in [-0.15, -0.1) is 5.10 Å². The first kappa shape index (κ1) is 18.4. The summed E-state index contributed by atoms with van der Waals surface area (Å²) in [5, 5.41) is 4.17. The minimum Gasteiger partial charge on any atom is -0.467 e. The minimum atomic E-state index is -0.809. The molecule has 9 heteroatoms. The Balaban J connectivity index is 1.59. The number of piperidine rings is 1. The molecule has 2 saturated heterocycles. The molecule has 2 aliphatic rings. The molecule has 0 radical (unpaired) electrons. The fourth-order valence-corrected chi connectivity index (χ4v) is 4.32. The van der Waals surface area contributed by atoms with Crippen LogP contribution >= 0.6 is 0 Å². The smallest absolute Gasteiger partial charge is 0.314 e. The number of hydrogen-bond donors (Lipinski definition) is 0. The Bertz CT molecular complexity index is 883. The number of aryl methyl sites for hydroxylation is 1. The van der Waals surface area contributed by atoms with Crippen LogP contribution in [0.2, 0.25) is 0 Å². The molecule has 2 aromatic heterocycles. The van der Waals surface area contributed by atoms with Crippen LogP contribution in [0.3, 0.4) is 0 Å². The lowest BCUT2D eigenvalue weighted by Crippen LogP contribution is -2.61. The number of amides is 2. The van der Waals surface area contributed by atoms with Crippen molar-refractivity contribution in [3.05, 3.63) is 35.9 Å². The van der Waals surface area contributed by atoms with Crippen molar-refractivity contribution >= 4 is 11.8 Å². The highest BCUT2D eigenvalue weighted by atomic mass is 16.5. The molecule has 4 heterocycles. The van der Waals surface area contributed by atoms with Crippen LogP contribution < -0.4 is 4.74 Å². The van der Waals surface area contributed by atoms with Crippen LogP contribution in [0.25, 0.3) is 0 Å². The van der Waals surface area contributed by atoms with Crippen molar-refractivity contribution in [1.82, 2.24) is 29.5 Å². The maximum absolute atomic E-state index is 13.5. The lowest BCUT2D eigenvalue weighted by atomic mass is 9.85. The molecule has 2 fully saturated rings. The van der Waals surface area contributed by atoms with Crippen LogP contribution in [0.5, 0.6) is 6.01 Å². The van der Waals surface area contributed by atoms with Gasteiger partial charge in [0.1, 0.15) is 5.54 Å². The Hall–Kier alpha value is -2.97. The van der Waals surface area contributed by atoms with Gasteiger partial charge in [0.2, 0.25) is 11.7 Å². The van der Waals surface area contributed by atoms with Gasteiger partial charge < -0.3 is 14.5 Å². The van der Waals surface area contributed by atoms with Crippen LogP contribution in [-0.4, -0.2) is 67.1 Å². The minimum absolute atomic E-state index is 0.00171. The lowest BCUT2D eigenvalue weighted by Gasteiger charge is -2.44. The highest BCUT2D eigenvalue weighted by Gasteiger charge is 2.53. The molecule has 2 aromatic rings. The Kier molecular flexibility index (Phi) is 4.74. The topological polar surface area (TPSA) is 93.4 Å². The molecule has 148 valence electrons. The second-order valence-electron chi connectivity index (χ2n) is 7.29. The number of carbonyl (C=O) groups excluding carboxylic acids is 2. The molecular formula is C19H24N6O3. The van der Waals surface area contributed by atoms with Crippen molar-refractivity contribution in [2.24, 2.45) is 7.05 Å². The largest absolute Gasteiger partial charge is 0.467 e. The van der Waals surface area contributed by atoms with Gasteiger partial charge >= 0.3 is 6.01 Å². The number of rotatable bonds is 4. The summed E-state index contributed by atoms with van der Waals surface area (Å²) < 4.78 is 6.54. The van der Waals surface area contributed by atoms with E-state index >= 15 is 0 Å². The third-order valence-corrected chi connectivity index (χ3v) is 5.61. The van der Waals surface area contributed by atoms with E-state index in [1.165, 1.54) is 11.8 Å². The van der Waals surface area contributed by atoms with E-state index in [1.54, 1.807) is 18.1 Å². The first-order valence-electron chi connectivity index (χ1n) is 9.51. The van der Waals surface area contributed by atoms with Crippen molar-refractivity contribution in [2.45, 2.75) is 37.8 Å². The summed E-state index contributed by atoms with van der Waals surface area (Å²) >= 11 is 0. The van der Waals surface area contributed by atoms with Gasteiger partial charge in [0.25, 0.3) is 5.91 Å². The zero-order valence-corrected chi connectivity index (χ0v) is 16.2. The first-order valence-corrected chi connectivity index (χ1v) is 9.51. The predicted octanol–water partition coefficient (Wildman–Crippen LogP) is 1.02. The number of carbonyl (C=O) groups is 2. The normalized spacial score (nSPS) is 22.1. The average molecular weight is 384 g/mol. The number of hydrogen-bond acceptors (Lipinski definition) is 6. The highest BCUT2D eigenvalue weighted by molar-refractivity contribution is 5.98. The lowest BCUT2D eigenvalue weighted by molar-refractivity contribution is -0.146. The standard InChI is InChI=1S/C19H24N6O3/c1-23-18(28-2)21-15(22-23)16(26)25-12-6-9-19(25)8-5-11-24(17(19)27)13-14-7-3-4-10-20-14/h3-4,7,10H,5-6,8-9,11-13H2,1-2H3. The van der Waals surface area contributed by atoms with Gasteiger partial charge in [-0.25, -0.2) is 4.68 Å². The third kappa shape index (κ3) is 3.00. The Morgan fingerprint density at radius 3 is 2.71 bits per heavy atom. The van der Waals surface area contributed by atoms with E-state index in [2.05, 4.69) is 15.1 Å². The van der Waals surface area contributed by atoms with Crippen molar-refractivity contribution in [3.8, 4) is 6.01 Å². The van der Waals surface area contributed by atoms with E-state index in [9.17, 15) is 9.59 Å². The Morgan fingerprint density at radius 1 is 1.25 bits per heavy atom. The number of aromatic nitrogens is 4. The molecule has 0 aromatic carbocycles. The summed E-state index contributed by atoms with van der Waals surface area (Å²) in [6.07, 6.45) is 4.70. The second kappa shape index (κ2) is 7.21. The fourth-order valence-electron chi connectivity index (χ4n) is 4.32. The molecule has 4 rings (SSSR count). The first-order chi connectivity index (χ1) is 13.5. The summed E-state index contributed by atoms with van der Waals surface area (Å²) in [5.41, 5.74) is 0.0382. The molecule has 1 spiro atoms. The molecule has 1 atom stereocenters. The van der Waals surface area contributed by atoms with Gasteiger partial charge in [0.15, 0.2) is 0 Å². The van der Waals surface area contributed by atoms with Crippen molar-refractivity contribution in [2.75, 3.05) is 20.2 Å². The zero-order valence-electron chi connectivity index (χ0n) is 16.2. The summed E-state index contributed by atoms with van der Waals surface area (Å²) in [6.45, 7) is 1.66. The molecule has 9 nitrogen and oxygen atoms in total. The van der Waals surface area contributed by atoms with E-state index < -0.39 is 5.54 Å². The maximum Gasteiger partial charge on any atom is 0.314 e. The highest BCUT2D eigenvalue weighted by Crippen LogP contribution is 2.39. The van der Waals surface area contributed by atoms with E-state index in [4.69, 9.17) is 4.74 Å². The van der Waals surface area contributed by atoms with Gasteiger partial charge in [-0.3, -0.25) is 14.6 Å². The van der Waals surface area contributed by atoms with Crippen molar-refractivity contribution in [1.29, 1.82) is 0 Å². The summed E-state index contributed by atoms with van der Waals surface area (Å²) in [5.74, 6) is -0.252. The molecule has 0 bridgehead atoms. The van der Waals surface area contributed by atoms with Gasteiger partial charge in [-0.1, -0.05) is 6.07 Å². The Morgan fingerprint density at radius 2 is 2.04 bits per heavy atom. The molecule has 2 aliphatic heterocycles. The molecular weight excluding hydrogens is 360 g/mol. The predicted molar refractivity (Wildman–Crippen MR) is 99.4 cm³/mol. The molecule has 1 unspecified atom stereocenters. The SMILES string of the molecule is COc1nc(C(=O)N2CCCC23CCCN(Cc2ccccn2)C3=O)nn1C. The number of methoxy groups -OCH3 is 1. The quantitative estimate of drug-likeness (QED) is 0.781.